The normalized spacial score (nSPS) is 14.3. The molecule has 3 aromatic rings. The smallest absolute Gasteiger partial charge is 0.320 e. The average Bonchev–Trinajstić information content (AvgIpc) is 3.04. The number of carbonyl (C=O) groups is 1. The predicted octanol–water partition coefficient (Wildman–Crippen LogP) is 4.06. The third kappa shape index (κ3) is 3.18. The second-order valence-corrected chi connectivity index (χ2v) is 6.48. The molecule has 6 nitrogen and oxygen atoms in total. The number of ether oxygens (including phenoxy) is 2. The summed E-state index contributed by atoms with van der Waals surface area (Å²) in [7, 11) is 2.99. The fourth-order valence-corrected chi connectivity index (χ4v) is 3.31. The third-order valence-corrected chi connectivity index (χ3v) is 4.60. The third-order valence-electron chi connectivity index (χ3n) is 4.37. The van der Waals surface area contributed by atoms with Crippen molar-refractivity contribution in [3.8, 4) is 11.9 Å². The molecule has 2 heterocycles. The Bertz CT molecular complexity index is 1080. The van der Waals surface area contributed by atoms with E-state index in [9.17, 15) is 4.79 Å². The number of anilines is 1. The van der Waals surface area contributed by atoms with Crippen LogP contribution in [-0.2, 0) is 4.79 Å². The number of fused-ring (bicyclic) bond motifs is 1. The molecule has 4 rings (SSSR count). The van der Waals surface area contributed by atoms with Crippen molar-refractivity contribution in [2.24, 2.45) is 0 Å². The Morgan fingerprint density at radius 2 is 1.79 bits per heavy atom. The van der Waals surface area contributed by atoms with Crippen molar-refractivity contribution in [3.63, 3.8) is 0 Å². The van der Waals surface area contributed by atoms with E-state index in [2.05, 4.69) is 15.3 Å². The maximum atomic E-state index is 12.9. The number of rotatable bonds is 4. The molecule has 1 amide bonds. The predicted molar refractivity (Wildman–Crippen MR) is 108 cm³/mol. The molecule has 140 valence electrons. The number of carbonyl (C=O) groups excluding carboxylic acids is 1. The number of methoxy groups -OCH3 is 2. The molecular weight excluding hydrogens is 378 g/mol. The minimum Gasteiger partial charge on any atom is -0.481 e. The Morgan fingerprint density at radius 1 is 1.00 bits per heavy atom. The lowest BCUT2D eigenvalue weighted by Gasteiger charge is -2.13. The van der Waals surface area contributed by atoms with Gasteiger partial charge in [0.15, 0.2) is 0 Å². The standard InChI is InChI=1S/C21H16ClN3O3/c1-27-17-11-16(24-21(25-17)28-2)18(12-6-4-3-5-7-12)19-14-10-13(22)8-9-15(14)23-20(19)26/h3-11H,1-2H3,(H,23,26)/b19-18+. The van der Waals surface area contributed by atoms with Crippen LogP contribution in [0.15, 0.2) is 54.6 Å². The Morgan fingerprint density at radius 3 is 2.50 bits per heavy atom. The van der Waals surface area contributed by atoms with E-state index in [1.807, 2.05) is 30.3 Å². The van der Waals surface area contributed by atoms with E-state index < -0.39 is 0 Å². The lowest BCUT2D eigenvalue weighted by molar-refractivity contribution is -0.110. The fraction of sp³-hybridized carbons (Fsp3) is 0.0952. The molecule has 0 fully saturated rings. The highest BCUT2D eigenvalue weighted by molar-refractivity contribution is 6.39. The van der Waals surface area contributed by atoms with E-state index in [4.69, 9.17) is 21.1 Å². The molecule has 0 saturated carbocycles. The number of hydrogen-bond acceptors (Lipinski definition) is 5. The van der Waals surface area contributed by atoms with E-state index >= 15 is 0 Å². The number of hydrogen-bond donors (Lipinski definition) is 1. The molecule has 0 spiro atoms. The van der Waals surface area contributed by atoms with E-state index in [0.29, 0.717) is 39.0 Å². The average molecular weight is 394 g/mol. The van der Waals surface area contributed by atoms with Gasteiger partial charge >= 0.3 is 6.01 Å². The minimum atomic E-state index is -0.229. The lowest BCUT2D eigenvalue weighted by Crippen LogP contribution is -2.08. The second-order valence-electron chi connectivity index (χ2n) is 6.04. The monoisotopic (exact) mass is 393 g/mol. The molecule has 1 N–H and O–H groups in total. The first kappa shape index (κ1) is 18.0. The summed E-state index contributed by atoms with van der Waals surface area (Å²) >= 11 is 6.20. The highest BCUT2D eigenvalue weighted by Crippen LogP contribution is 2.41. The fourth-order valence-electron chi connectivity index (χ4n) is 3.14. The van der Waals surface area contributed by atoms with E-state index in [1.54, 1.807) is 24.3 Å². The molecule has 0 atom stereocenters. The number of nitrogens with zero attached hydrogens (tertiary/aromatic N) is 2. The van der Waals surface area contributed by atoms with E-state index in [0.717, 1.165) is 5.56 Å². The summed E-state index contributed by atoms with van der Waals surface area (Å²) in [6.45, 7) is 0. The number of nitrogens with one attached hydrogen (secondary N) is 1. The van der Waals surface area contributed by atoms with Crippen molar-refractivity contribution in [1.29, 1.82) is 0 Å². The summed E-state index contributed by atoms with van der Waals surface area (Å²) in [6.07, 6.45) is 0. The lowest BCUT2D eigenvalue weighted by atomic mass is 9.93. The van der Waals surface area contributed by atoms with Crippen LogP contribution in [0.4, 0.5) is 5.69 Å². The van der Waals surface area contributed by atoms with Crippen LogP contribution in [0.5, 0.6) is 11.9 Å². The SMILES string of the molecule is COc1cc(/C(=C2/C(=O)Nc3ccc(Cl)cc32)c2ccccc2)nc(OC)n1. The first-order valence-electron chi connectivity index (χ1n) is 8.49. The summed E-state index contributed by atoms with van der Waals surface area (Å²) in [6, 6.07) is 16.7. The van der Waals surface area contributed by atoms with Gasteiger partial charge in [0.05, 0.1) is 25.5 Å². The van der Waals surface area contributed by atoms with Gasteiger partial charge in [-0.25, -0.2) is 0 Å². The molecule has 0 radical (unpaired) electrons. The van der Waals surface area contributed by atoms with Crippen molar-refractivity contribution in [2.75, 3.05) is 19.5 Å². The molecule has 0 aliphatic carbocycles. The Kier molecular flexibility index (Phi) is 4.71. The zero-order valence-electron chi connectivity index (χ0n) is 15.2. The van der Waals surface area contributed by atoms with Crippen LogP contribution in [-0.4, -0.2) is 30.1 Å². The summed E-state index contributed by atoms with van der Waals surface area (Å²) in [5.41, 5.74) is 3.86. The van der Waals surface area contributed by atoms with Crippen LogP contribution in [0.25, 0.3) is 11.1 Å². The van der Waals surface area contributed by atoms with Crippen LogP contribution in [0, 0.1) is 0 Å². The maximum absolute atomic E-state index is 12.9. The zero-order valence-corrected chi connectivity index (χ0v) is 15.9. The number of benzene rings is 2. The van der Waals surface area contributed by atoms with Crippen LogP contribution in [0.1, 0.15) is 16.8 Å². The highest BCUT2D eigenvalue weighted by Gasteiger charge is 2.30. The van der Waals surface area contributed by atoms with Crippen molar-refractivity contribution in [2.45, 2.75) is 0 Å². The van der Waals surface area contributed by atoms with Crippen LogP contribution in [0.2, 0.25) is 5.02 Å². The summed E-state index contributed by atoms with van der Waals surface area (Å²) in [4.78, 5) is 21.5. The van der Waals surface area contributed by atoms with Gasteiger partial charge in [-0.1, -0.05) is 41.9 Å². The van der Waals surface area contributed by atoms with Gasteiger partial charge in [-0.15, -0.1) is 0 Å². The van der Waals surface area contributed by atoms with E-state index in [1.165, 1.54) is 14.2 Å². The van der Waals surface area contributed by atoms with Gasteiger partial charge in [-0.2, -0.15) is 9.97 Å². The molecule has 2 aromatic carbocycles. The maximum Gasteiger partial charge on any atom is 0.320 e. The van der Waals surface area contributed by atoms with Gasteiger partial charge in [-0.3, -0.25) is 4.79 Å². The van der Waals surface area contributed by atoms with Gasteiger partial charge in [0.2, 0.25) is 5.88 Å². The van der Waals surface area contributed by atoms with Crippen LogP contribution in [0.3, 0.4) is 0 Å². The molecular formula is C21H16ClN3O3. The highest BCUT2D eigenvalue weighted by atomic mass is 35.5. The van der Waals surface area contributed by atoms with Gasteiger partial charge in [0.1, 0.15) is 0 Å². The summed E-state index contributed by atoms with van der Waals surface area (Å²) < 4.78 is 10.5. The molecule has 0 unspecified atom stereocenters. The topological polar surface area (TPSA) is 73.3 Å². The summed E-state index contributed by atoms with van der Waals surface area (Å²) in [5, 5.41) is 3.43. The largest absolute Gasteiger partial charge is 0.481 e. The molecule has 28 heavy (non-hydrogen) atoms. The molecule has 0 bridgehead atoms. The van der Waals surface area contributed by atoms with E-state index in [-0.39, 0.29) is 11.9 Å². The number of amides is 1. The van der Waals surface area contributed by atoms with Crippen LogP contribution >= 0.6 is 11.6 Å². The molecule has 7 heteroatoms. The Balaban J connectivity index is 2.06. The van der Waals surface area contributed by atoms with Crippen LogP contribution < -0.4 is 14.8 Å². The number of halogens is 1. The van der Waals surface area contributed by atoms with Crippen molar-refractivity contribution in [1.82, 2.24) is 9.97 Å². The van der Waals surface area contributed by atoms with Gasteiger partial charge < -0.3 is 14.8 Å². The first-order valence-corrected chi connectivity index (χ1v) is 8.87. The van der Waals surface area contributed by atoms with Gasteiger partial charge in [-0.05, 0) is 23.8 Å². The zero-order chi connectivity index (χ0) is 19.7. The van der Waals surface area contributed by atoms with Gasteiger partial charge in [0, 0.05) is 27.9 Å². The molecule has 1 aliphatic heterocycles. The summed E-state index contributed by atoms with van der Waals surface area (Å²) in [5.74, 6) is 0.105. The Hall–Kier alpha value is -3.38. The van der Waals surface area contributed by atoms with Gasteiger partial charge in [0.25, 0.3) is 5.91 Å². The first-order chi connectivity index (χ1) is 13.6. The number of aromatic nitrogens is 2. The van der Waals surface area contributed by atoms with Crippen molar-refractivity contribution < 1.29 is 14.3 Å². The van der Waals surface area contributed by atoms with Crippen molar-refractivity contribution >= 4 is 34.3 Å². The molecule has 1 aliphatic rings. The minimum absolute atomic E-state index is 0.146. The Labute approximate surface area is 166 Å². The molecule has 0 saturated heterocycles. The van der Waals surface area contributed by atoms with Crippen molar-refractivity contribution in [3.05, 3.63) is 76.4 Å². The second kappa shape index (κ2) is 7.32. The molecule has 1 aromatic heterocycles. The quantitative estimate of drug-likeness (QED) is 0.677.